The molecule has 0 aliphatic carbocycles. The van der Waals surface area contributed by atoms with E-state index in [2.05, 4.69) is 5.32 Å². The molecule has 0 spiro atoms. The molecular weight excluding hydrogens is 441 g/mol. The van der Waals surface area contributed by atoms with E-state index in [1.165, 1.54) is 30.3 Å². The minimum absolute atomic E-state index is 0.0468. The maximum absolute atomic E-state index is 12.4. The van der Waals surface area contributed by atoms with Crippen molar-refractivity contribution in [3.05, 3.63) is 74.9 Å². The van der Waals surface area contributed by atoms with Crippen LogP contribution in [0.15, 0.2) is 52.9 Å². The molecule has 1 amide bonds. The molecule has 0 saturated carbocycles. The molecule has 0 atom stereocenters. The van der Waals surface area contributed by atoms with E-state index in [9.17, 15) is 14.4 Å². The zero-order valence-corrected chi connectivity index (χ0v) is 16.8. The van der Waals surface area contributed by atoms with Crippen molar-refractivity contribution in [1.82, 2.24) is 0 Å². The van der Waals surface area contributed by atoms with Gasteiger partial charge in [0.25, 0.3) is 5.91 Å². The predicted octanol–water partition coefficient (Wildman–Crippen LogP) is 5.51. The van der Waals surface area contributed by atoms with Crippen LogP contribution in [0.1, 0.15) is 20.9 Å². The Hall–Kier alpha value is -2.80. The van der Waals surface area contributed by atoms with E-state index in [1.807, 2.05) is 0 Å². The van der Waals surface area contributed by atoms with Gasteiger partial charge >= 0.3 is 5.97 Å². The average Bonchev–Trinajstić information content (AvgIpc) is 3.18. The third kappa shape index (κ3) is 5.17. The number of carbonyl (C=O) groups is 3. The molecule has 0 saturated heterocycles. The van der Waals surface area contributed by atoms with E-state index in [0.29, 0.717) is 28.3 Å². The van der Waals surface area contributed by atoms with Crippen molar-refractivity contribution < 1.29 is 23.5 Å². The second-order valence-corrected chi connectivity index (χ2v) is 7.01. The first-order chi connectivity index (χ1) is 13.9. The molecular formula is C20H12Cl3NO5. The fourth-order valence-electron chi connectivity index (χ4n) is 2.39. The van der Waals surface area contributed by atoms with Gasteiger partial charge in [-0.05, 0) is 48.5 Å². The van der Waals surface area contributed by atoms with Gasteiger partial charge in [-0.3, -0.25) is 9.59 Å². The van der Waals surface area contributed by atoms with Gasteiger partial charge in [0.2, 0.25) is 0 Å². The van der Waals surface area contributed by atoms with Crippen LogP contribution in [0, 0.1) is 0 Å². The predicted molar refractivity (Wildman–Crippen MR) is 110 cm³/mol. The van der Waals surface area contributed by atoms with E-state index in [-0.39, 0.29) is 21.4 Å². The van der Waals surface area contributed by atoms with Gasteiger partial charge in [0.05, 0.1) is 21.3 Å². The lowest BCUT2D eigenvalue weighted by Crippen LogP contribution is -2.21. The first-order valence-electron chi connectivity index (χ1n) is 8.14. The normalized spacial score (nSPS) is 10.4. The Labute approximate surface area is 180 Å². The summed E-state index contributed by atoms with van der Waals surface area (Å²) in [5, 5.41) is 3.33. The maximum atomic E-state index is 12.4. The molecule has 148 valence electrons. The molecule has 9 heteroatoms. The third-order valence-electron chi connectivity index (χ3n) is 3.75. The Morgan fingerprint density at radius 2 is 1.79 bits per heavy atom. The SMILES string of the molecule is O=Cc1ccc(-c2ccc(Cl)c(C(=O)OCC(=O)Nc3ccc(Cl)cc3Cl)c2)o1. The first kappa shape index (κ1) is 20.9. The Morgan fingerprint density at radius 3 is 2.48 bits per heavy atom. The number of ether oxygens (including phenoxy) is 1. The average molecular weight is 453 g/mol. The molecule has 1 heterocycles. The third-order valence-corrected chi connectivity index (χ3v) is 4.63. The van der Waals surface area contributed by atoms with Crippen molar-refractivity contribution in [2.75, 3.05) is 11.9 Å². The van der Waals surface area contributed by atoms with Gasteiger partial charge in [0.1, 0.15) is 5.76 Å². The fraction of sp³-hybridized carbons (Fsp3) is 0.0500. The van der Waals surface area contributed by atoms with E-state index in [0.717, 1.165) is 0 Å². The minimum Gasteiger partial charge on any atom is -0.453 e. The van der Waals surface area contributed by atoms with Gasteiger partial charge in [-0.1, -0.05) is 34.8 Å². The Morgan fingerprint density at radius 1 is 1.00 bits per heavy atom. The number of aldehydes is 1. The number of benzene rings is 2. The monoisotopic (exact) mass is 451 g/mol. The van der Waals surface area contributed by atoms with Gasteiger partial charge in [-0.15, -0.1) is 0 Å². The van der Waals surface area contributed by atoms with Gasteiger partial charge in [-0.2, -0.15) is 0 Å². The summed E-state index contributed by atoms with van der Waals surface area (Å²) in [6, 6.07) is 12.2. The molecule has 0 bridgehead atoms. The second-order valence-electron chi connectivity index (χ2n) is 5.76. The summed E-state index contributed by atoms with van der Waals surface area (Å²) in [4.78, 5) is 35.2. The highest BCUT2D eigenvalue weighted by atomic mass is 35.5. The van der Waals surface area contributed by atoms with Crippen LogP contribution in [-0.4, -0.2) is 24.8 Å². The van der Waals surface area contributed by atoms with Crippen molar-refractivity contribution in [3.8, 4) is 11.3 Å². The molecule has 0 radical (unpaired) electrons. The summed E-state index contributed by atoms with van der Waals surface area (Å²) < 4.78 is 10.4. The lowest BCUT2D eigenvalue weighted by atomic mass is 10.1. The summed E-state index contributed by atoms with van der Waals surface area (Å²) in [5.74, 6) is -0.850. The number of hydrogen-bond donors (Lipinski definition) is 1. The van der Waals surface area contributed by atoms with Crippen LogP contribution in [0.2, 0.25) is 15.1 Å². The van der Waals surface area contributed by atoms with Crippen molar-refractivity contribution in [2.24, 2.45) is 0 Å². The van der Waals surface area contributed by atoms with Crippen LogP contribution in [-0.2, 0) is 9.53 Å². The van der Waals surface area contributed by atoms with Crippen LogP contribution in [0.3, 0.4) is 0 Å². The molecule has 3 aromatic rings. The Kier molecular flexibility index (Phi) is 6.59. The molecule has 0 unspecified atom stereocenters. The molecule has 0 fully saturated rings. The molecule has 0 aliphatic rings. The van der Waals surface area contributed by atoms with E-state index in [4.69, 9.17) is 44.0 Å². The van der Waals surface area contributed by atoms with Crippen molar-refractivity contribution in [3.63, 3.8) is 0 Å². The highest BCUT2D eigenvalue weighted by molar-refractivity contribution is 6.36. The van der Waals surface area contributed by atoms with E-state index >= 15 is 0 Å². The van der Waals surface area contributed by atoms with E-state index < -0.39 is 18.5 Å². The molecule has 1 N–H and O–H groups in total. The number of esters is 1. The summed E-state index contributed by atoms with van der Waals surface area (Å²) >= 11 is 17.9. The van der Waals surface area contributed by atoms with E-state index in [1.54, 1.807) is 18.2 Å². The maximum Gasteiger partial charge on any atom is 0.340 e. The molecule has 3 rings (SSSR count). The zero-order valence-electron chi connectivity index (χ0n) is 14.6. The Bertz CT molecular complexity index is 1090. The van der Waals surface area contributed by atoms with Gasteiger partial charge in [0.15, 0.2) is 18.7 Å². The molecule has 6 nitrogen and oxygen atoms in total. The molecule has 1 aromatic heterocycles. The first-order valence-corrected chi connectivity index (χ1v) is 9.27. The van der Waals surface area contributed by atoms with Crippen molar-refractivity contribution >= 4 is 58.7 Å². The van der Waals surface area contributed by atoms with Gasteiger partial charge < -0.3 is 14.5 Å². The van der Waals surface area contributed by atoms with Crippen LogP contribution in [0.25, 0.3) is 11.3 Å². The topological polar surface area (TPSA) is 85.6 Å². The highest BCUT2D eigenvalue weighted by Crippen LogP contribution is 2.28. The smallest absolute Gasteiger partial charge is 0.340 e. The number of halogens is 3. The number of carbonyl (C=O) groups excluding carboxylic acids is 3. The number of rotatable bonds is 6. The minimum atomic E-state index is -0.795. The molecule has 2 aromatic carbocycles. The number of amides is 1. The van der Waals surface area contributed by atoms with Crippen LogP contribution < -0.4 is 5.32 Å². The number of hydrogen-bond acceptors (Lipinski definition) is 5. The number of anilines is 1. The summed E-state index contributed by atoms with van der Waals surface area (Å²) in [6.45, 7) is -0.547. The molecule has 0 aliphatic heterocycles. The summed E-state index contributed by atoms with van der Waals surface area (Å²) in [7, 11) is 0. The second kappa shape index (κ2) is 9.13. The summed E-state index contributed by atoms with van der Waals surface area (Å²) in [5.41, 5.74) is 0.901. The van der Waals surface area contributed by atoms with Crippen LogP contribution in [0.4, 0.5) is 5.69 Å². The van der Waals surface area contributed by atoms with Gasteiger partial charge in [-0.25, -0.2) is 4.79 Å². The number of furan rings is 1. The van der Waals surface area contributed by atoms with Crippen molar-refractivity contribution in [2.45, 2.75) is 0 Å². The Balaban J connectivity index is 1.67. The fourth-order valence-corrected chi connectivity index (χ4v) is 3.04. The van der Waals surface area contributed by atoms with Gasteiger partial charge in [0, 0.05) is 10.6 Å². The van der Waals surface area contributed by atoms with Crippen LogP contribution >= 0.6 is 34.8 Å². The zero-order chi connectivity index (χ0) is 21.0. The standard InChI is InChI=1S/C20H12Cl3NO5/c21-12-2-5-17(16(23)8-12)24-19(26)10-28-20(27)14-7-11(1-4-15(14)22)18-6-3-13(9-25)29-18/h1-9H,10H2,(H,24,26). The largest absolute Gasteiger partial charge is 0.453 e. The molecule has 29 heavy (non-hydrogen) atoms. The van der Waals surface area contributed by atoms with Crippen molar-refractivity contribution in [1.29, 1.82) is 0 Å². The highest BCUT2D eigenvalue weighted by Gasteiger charge is 2.17. The lowest BCUT2D eigenvalue weighted by Gasteiger charge is -2.09. The lowest BCUT2D eigenvalue weighted by molar-refractivity contribution is -0.119. The summed E-state index contributed by atoms with van der Waals surface area (Å²) in [6.07, 6.45) is 0.570. The number of nitrogens with one attached hydrogen (secondary N) is 1. The van der Waals surface area contributed by atoms with Crippen LogP contribution in [0.5, 0.6) is 0 Å². The quantitative estimate of drug-likeness (QED) is 0.393.